The molecule has 0 aliphatic rings. The van der Waals surface area contributed by atoms with Crippen LogP contribution in [0.1, 0.15) is 24.4 Å². The topological polar surface area (TPSA) is 49.0 Å². The van der Waals surface area contributed by atoms with Crippen LogP contribution in [-0.2, 0) is 6.54 Å². The van der Waals surface area contributed by atoms with Crippen molar-refractivity contribution in [2.24, 2.45) is 0 Å². The van der Waals surface area contributed by atoms with Crippen LogP contribution in [0.15, 0.2) is 58.7 Å². The lowest BCUT2D eigenvalue weighted by Gasteiger charge is -2.24. The minimum atomic E-state index is -0.319. The summed E-state index contributed by atoms with van der Waals surface area (Å²) in [5.41, 5.74) is 2.29. The second-order valence-electron chi connectivity index (χ2n) is 6.99. The number of aromatic amines is 1. The van der Waals surface area contributed by atoms with E-state index in [1.165, 1.54) is 35.6 Å². The van der Waals surface area contributed by atoms with Crippen LogP contribution >= 0.6 is 11.3 Å². The lowest BCUT2D eigenvalue weighted by molar-refractivity contribution is 0.247. The maximum absolute atomic E-state index is 13.2. The maximum atomic E-state index is 13.2. The van der Waals surface area contributed by atoms with Gasteiger partial charge in [-0.3, -0.25) is 9.69 Å². The number of H-pyrrole nitrogens is 1. The van der Waals surface area contributed by atoms with Crippen LogP contribution in [-0.4, -0.2) is 21.9 Å². The van der Waals surface area contributed by atoms with E-state index >= 15 is 0 Å². The van der Waals surface area contributed by atoms with Crippen molar-refractivity contribution in [1.29, 1.82) is 0 Å². The molecule has 0 aliphatic carbocycles. The minimum Gasteiger partial charge on any atom is -0.309 e. The number of hydrogen-bond donors (Lipinski definition) is 1. The van der Waals surface area contributed by atoms with Gasteiger partial charge in [0.25, 0.3) is 5.56 Å². The average molecular weight is 411 g/mol. The molecule has 0 saturated carbocycles. The number of aromatic nitrogens is 2. The van der Waals surface area contributed by atoms with Crippen LogP contribution in [0.2, 0.25) is 0 Å². The molecule has 0 amide bonds. The summed E-state index contributed by atoms with van der Waals surface area (Å²) in [6.45, 7) is 2.45. The van der Waals surface area contributed by atoms with Gasteiger partial charge in [-0.05, 0) is 49.4 Å². The van der Waals surface area contributed by atoms with Gasteiger partial charge in [0.1, 0.15) is 22.3 Å². The van der Waals surface area contributed by atoms with Gasteiger partial charge in [-0.1, -0.05) is 24.3 Å². The third-order valence-corrected chi connectivity index (χ3v) is 5.93. The Bertz CT molecular complexity index is 1200. The molecule has 1 N–H and O–H groups in total. The van der Waals surface area contributed by atoms with Gasteiger partial charge in [0, 0.05) is 17.0 Å². The Morgan fingerprint density at radius 3 is 2.34 bits per heavy atom. The van der Waals surface area contributed by atoms with E-state index in [0.29, 0.717) is 22.6 Å². The van der Waals surface area contributed by atoms with Gasteiger partial charge < -0.3 is 4.98 Å². The second kappa shape index (κ2) is 7.85. The Morgan fingerprint density at radius 2 is 1.69 bits per heavy atom. The summed E-state index contributed by atoms with van der Waals surface area (Å²) in [5.74, 6) is -0.0258. The number of hydrogen-bond acceptors (Lipinski definition) is 4. The van der Waals surface area contributed by atoms with E-state index in [1.54, 1.807) is 24.3 Å². The van der Waals surface area contributed by atoms with Gasteiger partial charge in [-0.2, -0.15) is 0 Å². The Morgan fingerprint density at radius 1 is 1.07 bits per heavy atom. The zero-order valence-electron chi connectivity index (χ0n) is 15.9. The molecule has 0 saturated heterocycles. The molecule has 0 bridgehead atoms. The van der Waals surface area contributed by atoms with Gasteiger partial charge in [-0.25, -0.2) is 13.8 Å². The SMILES string of the molecule is CC(c1ccc(F)cc1)N(C)Cc1nc2scc(-c3ccc(F)cc3)c2c(=O)[nH]1. The summed E-state index contributed by atoms with van der Waals surface area (Å²) in [6.07, 6.45) is 0. The predicted molar refractivity (Wildman–Crippen MR) is 112 cm³/mol. The molecule has 4 aromatic rings. The molecule has 2 heterocycles. The molecule has 0 aliphatic heterocycles. The number of benzene rings is 2. The van der Waals surface area contributed by atoms with Gasteiger partial charge in [0.05, 0.1) is 11.9 Å². The minimum absolute atomic E-state index is 0.0229. The molecular formula is C22H19F2N3OS. The highest BCUT2D eigenvalue weighted by molar-refractivity contribution is 7.17. The highest BCUT2D eigenvalue weighted by Crippen LogP contribution is 2.31. The molecule has 0 radical (unpaired) electrons. The lowest BCUT2D eigenvalue weighted by Crippen LogP contribution is -2.24. The first-order chi connectivity index (χ1) is 13.9. The van der Waals surface area contributed by atoms with Crippen molar-refractivity contribution >= 4 is 21.6 Å². The normalized spacial score (nSPS) is 12.6. The molecule has 7 heteroatoms. The van der Waals surface area contributed by atoms with Crippen LogP contribution in [0.5, 0.6) is 0 Å². The van der Waals surface area contributed by atoms with Crippen LogP contribution in [0.3, 0.4) is 0 Å². The number of nitrogens with one attached hydrogen (secondary N) is 1. The van der Waals surface area contributed by atoms with E-state index in [4.69, 9.17) is 0 Å². The summed E-state index contributed by atoms with van der Waals surface area (Å²) in [7, 11) is 1.93. The number of thiophene rings is 1. The number of nitrogens with zero attached hydrogens (tertiary/aromatic N) is 2. The van der Waals surface area contributed by atoms with E-state index in [2.05, 4.69) is 9.97 Å². The Balaban J connectivity index is 1.61. The van der Waals surface area contributed by atoms with Crippen molar-refractivity contribution in [2.45, 2.75) is 19.5 Å². The number of halogens is 2. The molecule has 4 rings (SSSR count). The molecular weight excluding hydrogens is 392 g/mol. The molecule has 1 unspecified atom stereocenters. The monoisotopic (exact) mass is 411 g/mol. The number of rotatable bonds is 5. The van der Waals surface area contributed by atoms with Gasteiger partial charge in [0.15, 0.2) is 0 Å². The first kappa shape index (κ1) is 19.4. The average Bonchev–Trinajstić information content (AvgIpc) is 3.13. The van der Waals surface area contributed by atoms with Gasteiger partial charge in [0.2, 0.25) is 0 Å². The Kier molecular flexibility index (Phi) is 5.25. The number of fused-ring (bicyclic) bond motifs is 1. The van der Waals surface area contributed by atoms with Crippen molar-refractivity contribution in [2.75, 3.05) is 7.05 Å². The quantitative estimate of drug-likeness (QED) is 0.496. The highest BCUT2D eigenvalue weighted by Gasteiger charge is 2.16. The molecule has 148 valence electrons. The smallest absolute Gasteiger partial charge is 0.260 e. The maximum Gasteiger partial charge on any atom is 0.260 e. The van der Waals surface area contributed by atoms with Crippen molar-refractivity contribution in [3.63, 3.8) is 0 Å². The van der Waals surface area contributed by atoms with E-state index in [0.717, 1.165) is 16.7 Å². The summed E-state index contributed by atoms with van der Waals surface area (Å²) in [4.78, 5) is 22.9. The molecule has 29 heavy (non-hydrogen) atoms. The Labute approximate surface area is 170 Å². The van der Waals surface area contributed by atoms with E-state index in [-0.39, 0.29) is 23.2 Å². The third kappa shape index (κ3) is 3.97. The molecule has 1 atom stereocenters. The highest BCUT2D eigenvalue weighted by atomic mass is 32.1. The molecule has 2 aromatic carbocycles. The summed E-state index contributed by atoms with van der Waals surface area (Å²) in [5, 5.41) is 2.38. The van der Waals surface area contributed by atoms with E-state index < -0.39 is 0 Å². The molecule has 0 spiro atoms. The third-order valence-electron chi connectivity index (χ3n) is 5.06. The fourth-order valence-corrected chi connectivity index (χ4v) is 4.25. The first-order valence-electron chi connectivity index (χ1n) is 9.14. The zero-order valence-corrected chi connectivity index (χ0v) is 16.8. The molecule has 4 nitrogen and oxygen atoms in total. The largest absolute Gasteiger partial charge is 0.309 e. The van der Waals surface area contributed by atoms with Crippen molar-refractivity contribution in [1.82, 2.24) is 14.9 Å². The first-order valence-corrected chi connectivity index (χ1v) is 10.0. The van der Waals surface area contributed by atoms with Gasteiger partial charge in [-0.15, -0.1) is 11.3 Å². The fraction of sp³-hybridized carbons (Fsp3) is 0.182. The summed E-state index contributed by atoms with van der Waals surface area (Å²) < 4.78 is 26.4. The standard InChI is InChI=1S/C22H19F2N3OS/c1-13(14-3-7-16(23)8-4-14)27(2)11-19-25-21(28)20-18(12-29-22(20)26-19)15-5-9-17(24)10-6-15/h3-10,12-13H,11H2,1-2H3,(H,25,26,28). The molecule has 2 aromatic heterocycles. The van der Waals surface area contributed by atoms with Crippen LogP contribution in [0.25, 0.3) is 21.3 Å². The molecule has 0 fully saturated rings. The zero-order chi connectivity index (χ0) is 20.5. The van der Waals surface area contributed by atoms with Crippen molar-refractivity contribution < 1.29 is 8.78 Å². The van der Waals surface area contributed by atoms with E-state index in [9.17, 15) is 13.6 Å². The van der Waals surface area contributed by atoms with Gasteiger partial charge >= 0.3 is 0 Å². The van der Waals surface area contributed by atoms with Crippen molar-refractivity contribution in [3.8, 4) is 11.1 Å². The lowest BCUT2D eigenvalue weighted by atomic mass is 10.1. The van der Waals surface area contributed by atoms with Crippen LogP contribution in [0.4, 0.5) is 8.78 Å². The summed E-state index contributed by atoms with van der Waals surface area (Å²) >= 11 is 1.39. The second-order valence-corrected chi connectivity index (χ2v) is 7.85. The van der Waals surface area contributed by atoms with Crippen LogP contribution in [0, 0.1) is 11.6 Å². The fourth-order valence-electron chi connectivity index (χ4n) is 3.28. The summed E-state index contributed by atoms with van der Waals surface area (Å²) in [6, 6.07) is 12.5. The predicted octanol–water partition coefficient (Wildman–Crippen LogP) is 5.12. The Hall–Kier alpha value is -2.90. The van der Waals surface area contributed by atoms with Crippen LogP contribution < -0.4 is 5.56 Å². The van der Waals surface area contributed by atoms with E-state index in [1.807, 2.05) is 24.3 Å². The van der Waals surface area contributed by atoms with Crippen molar-refractivity contribution in [3.05, 3.63) is 87.3 Å².